The Morgan fingerprint density at radius 2 is 2.25 bits per heavy atom. The second kappa shape index (κ2) is 6.47. The van der Waals surface area contributed by atoms with Crippen LogP contribution in [0.4, 0.5) is 11.5 Å². The molecule has 0 aliphatic carbocycles. The number of methoxy groups -OCH3 is 1. The van der Waals surface area contributed by atoms with Gasteiger partial charge in [-0.1, -0.05) is 13.8 Å². The minimum absolute atomic E-state index is 0.0708. The average Bonchev–Trinajstić information content (AvgIpc) is 2.43. The van der Waals surface area contributed by atoms with E-state index in [2.05, 4.69) is 15.0 Å². The molecule has 106 valence electrons. The third-order valence-corrected chi connectivity index (χ3v) is 2.61. The molecule has 1 heterocycles. The summed E-state index contributed by atoms with van der Waals surface area (Å²) < 4.78 is 4.64. The predicted octanol–water partition coefficient (Wildman–Crippen LogP) is 1.47. The lowest BCUT2D eigenvalue weighted by atomic mass is 10.0. The molecule has 8 nitrogen and oxygen atoms in total. The molecule has 0 radical (unpaired) electrons. The van der Waals surface area contributed by atoms with E-state index in [9.17, 15) is 14.9 Å². The van der Waals surface area contributed by atoms with Gasteiger partial charge in [0.15, 0.2) is 0 Å². The highest BCUT2D eigenvalue weighted by atomic mass is 16.6. The van der Waals surface area contributed by atoms with Gasteiger partial charge in [0.25, 0.3) is 0 Å². The predicted molar refractivity (Wildman–Crippen MR) is 69.9 cm³/mol. The number of nitrogens with one attached hydrogen (secondary N) is 1. The maximum Gasteiger partial charge on any atom is 0.328 e. The first-order valence-electron chi connectivity index (χ1n) is 5.79. The Hall–Kier alpha value is -2.69. The van der Waals surface area contributed by atoms with Gasteiger partial charge in [-0.2, -0.15) is 5.26 Å². The number of hydrogen-bond donors (Lipinski definition) is 1. The number of nitriles is 1. The molecular weight excluding hydrogens is 264 g/mol. The molecule has 0 spiro atoms. The SMILES string of the molecule is COC(=O)C(Nc1ncc(C#N)cc1[N+](=O)[O-])C(C)C. The van der Waals surface area contributed by atoms with E-state index in [4.69, 9.17) is 5.26 Å². The zero-order chi connectivity index (χ0) is 15.3. The van der Waals surface area contributed by atoms with Crippen molar-refractivity contribution in [1.29, 1.82) is 5.26 Å². The van der Waals surface area contributed by atoms with E-state index in [0.717, 1.165) is 6.07 Å². The van der Waals surface area contributed by atoms with Crippen LogP contribution in [0.3, 0.4) is 0 Å². The van der Waals surface area contributed by atoms with Crippen LogP contribution >= 0.6 is 0 Å². The highest BCUT2D eigenvalue weighted by Crippen LogP contribution is 2.24. The Kier molecular flexibility index (Phi) is 4.97. The van der Waals surface area contributed by atoms with Crippen molar-refractivity contribution in [1.82, 2.24) is 4.98 Å². The molecule has 0 aliphatic rings. The number of anilines is 1. The van der Waals surface area contributed by atoms with Gasteiger partial charge in [-0.15, -0.1) is 0 Å². The van der Waals surface area contributed by atoms with Crippen LogP contribution in [0.5, 0.6) is 0 Å². The maximum absolute atomic E-state index is 11.6. The van der Waals surface area contributed by atoms with Gasteiger partial charge >= 0.3 is 11.7 Å². The molecule has 8 heteroatoms. The lowest BCUT2D eigenvalue weighted by Crippen LogP contribution is -2.36. The molecule has 1 rings (SSSR count). The van der Waals surface area contributed by atoms with Crippen LogP contribution in [0.15, 0.2) is 12.3 Å². The standard InChI is InChI=1S/C12H14N4O4/c1-7(2)10(12(17)20-3)15-11-9(16(18)19)4-8(5-13)6-14-11/h4,6-7,10H,1-3H3,(H,14,15). The molecule has 1 aromatic heterocycles. The second-order valence-electron chi connectivity index (χ2n) is 4.35. The molecule has 1 unspecified atom stereocenters. The summed E-state index contributed by atoms with van der Waals surface area (Å²) in [7, 11) is 1.24. The van der Waals surface area contributed by atoms with E-state index in [1.165, 1.54) is 13.3 Å². The molecule has 1 atom stereocenters. The summed E-state index contributed by atoms with van der Waals surface area (Å²) in [6.07, 6.45) is 1.20. The number of esters is 1. The Labute approximate surface area is 115 Å². The third-order valence-electron chi connectivity index (χ3n) is 2.61. The number of aromatic nitrogens is 1. The van der Waals surface area contributed by atoms with Crippen molar-refractivity contribution < 1.29 is 14.5 Å². The first-order chi connectivity index (χ1) is 9.40. The lowest BCUT2D eigenvalue weighted by molar-refractivity contribution is -0.384. The minimum Gasteiger partial charge on any atom is -0.467 e. The Morgan fingerprint density at radius 1 is 1.60 bits per heavy atom. The quantitative estimate of drug-likeness (QED) is 0.492. The summed E-state index contributed by atoms with van der Waals surface area (Å²) in [6.45, 7) is 3.54. The normalized spacial score (nSPS) is 11.6. The van der Waals surface area contributed by atoms with Crippen LogP contribution in [0.1, 0.15) is 19.4 Å². The minimum atomic E-state index is -0.765. The molecule has 20 heavy (non-hydrogen) atoms. The summed E-state index contributed by atoms with van der Waals surface area (Å²) in [5, 5.41) is 22.4. The highest BCUT2D eigenvalue weighted by Gasteiger charge is 2.27. The first-order valence-corrected chi connectivity index (χ1v) is 5.79. The van der Waals surface area contributed by atoms with Crippen LogP contribution < -0.4 is 5.32 Å². The highest BCUT2D eigenvalue weighted by molar-refractivity contribution is 5.80. The van der Waals surface area contributed by atoms with Crippen molar-refractivity contribution >= 4 is 17.5 Å². The zero-order valence-corrected chi connectivity index (χ0v) is 11.3. The van der Waals surface area contributed by atoms with Gasteiger partial charge in [0.2, 0.25) is 5.82 Å². The molecule has 0 aliphatic heterocycles. The van der Waals surface area contributed by atoms with Gasteiger partial charge in [-0.25, -0.2) is 9.78 Å². The molecule has 0 saturated heterocycles. The fourth-order valence-corrected chi connectivity index (χ4v) is 1.54. The Bertz CT molecular complexity index is 565. The maximum atomic E-state index is 11.6. The van der Waals surface area contributed by atoms with E-state index >= 15 is 0 Å². The number of nitrogens with zero attached hydrogens (tertiary/aromatic N) is 3. The van der Waals surface area contributed by atoms with E-state index in [1.807, 2.05) is 0 Å². The number of rotatable bonds is 5. The molecule has 1 N–H and O–H groups in total. The van der Waals surface area contributed by atoms with Crippen molar-refractivity contribution in [3.63, 3.8) is 0 Å². The smallest absolute Gasteiger partial charge is 0.328 e. The van der Waals surface area contributed by atoms with Crippen molar-refractivity contribution in [3.05, 3.63) is 27.9 Å². The largest absolute Gasteiger partial charge is 0.467 e. The monoisotopic (exact) mass is 278 g/mol. The van der Waals surface area contributed by atoms with Crippen LogP contribution in [0.2, 0.25) is 0 Å². The zero-order valence-electron chi connectivity index (χ0n) is 11.3. The third kappa shape index (κ3) is 3.41. The topological polar surface area (TPSA) is 118 Å². The van der Waals surface area contributed by atoms with E-state index < -0.39 is 16.9 Å². The summed E-state index contributed by atoms with van der Waals surface area (Å²) in [5.74, 6) is -0.766. The van der Waals surface area contributed by atoms with E-state index in [0.29, 0.717) is 0 Å². The van der Waals surface area contributed by atoms with Crippen LogP contribution in [0.25, 0.3) is 0 Å². The lowest BCUT2D eigenvalue weighted by Gasteiger charge is -2.20. The number of pyridine rings is 1. The Balaban J connectivity index is 3.16. The van der Waals surface area contributed by atoms with Gasteiger partial charge in [-0.3, -0.25) is 10.1 Å². The number of hydrogen-bond acceptors (Lipinski definition) is 7. The summed E-state index contributed by atoms with van der Waals surface area (Å²) in [4.78, 5) is 25.8. The molecule has 0 amide bonds. The van der Waals surface area contributed by atoms with Crippen LogP contribution in [-0.4, -0.2) is 29.0 Å². The summed E-state index contributed by atoms with van der Waals surface area (Å²) in [6, 6.07) is 2.11. The van der Waals surface area contributed by atoms with Gasteiger partial charge in [0.05, 0.1) is 17.6 Å². The molecule has 0 saturated carbocycles. The van der Waals surface area contributed by atoms with Crippen molar-refractivity contribution in [2.45, 2.75) is 19.9 Å². The summed E-state index contributed by atoms with van der Waals surface area (Å²) in [5.41, 5.74) is -0.292. The van der Waals surface area contributed by atoms with Crippen molar-refractivity contribution in [2.75, 3.05) is 12.4 Å². The second-order valence-corrected chi connectivity index (χ2v) is 4.35. The molecule has 0 bridgehead atoms. The molecule has 1 aromatic rings. The molecular formula is C12H14N4O4. The molecule has 0 aromatic carbocycles. The average molecular weight is 278 g/mol. The molecule has 0 fully saturated rings. The van der Waals surface area contributed by atoms with Gasteiger partial charge < -0.3 is 10.1 Å². The number of carbonyl (C=O) groups excluding carboxylic acids is 1. The van der Waals surface area contributed by atoms with Crippen molar-refractivity contribution in [2.24, 2.45) is 5.92 Å². The van der Waals surface area contributed by atoms with Gasteiger partial charge in [0, 0.05) is 12.3 Å². The van der Waals surface area contributed by atoms with E-state index in [1.54, 1.807) is 19.9 Å². The van der Waals surface area contributed by atoms with Gasteiger partial charge in [0.1, 0.15) is 12.1 Å². The first kappa shape index (κ1) is 15.4. The van der Waals surface area contributed by atoms with Crippen LogP contribution in [0, 0.1) is 27.4 Å². The number of carbonyl (C=O) groups is 1. The van der Waals surface area contributed by atoms with Crippen molar-refractivity contribution in [3.8, 4) is 6.07 Å². The fraction of sp³-hybridized carbons (Fsp3) is 0.417. The summed E-state index contributed by atoms with van der Waals surface area (Å²) >= 11 is 0. The van der Waals surface area contributed by atoms with Gasteiger partial charge in [-0.05, 0) is 5.92 Å². The fourth-order valence-electron chi connectivity index (χ4n) is 1.54. The van der Waals surface area contributed by atoms with E-state index in [-0.39, 0.29) is 23.0 Å². The number of nitro groups is 1. The number of ether oxygens (including phenoxy) is 1. The van der Waals surface area contributed by atoms with Crippen LogP contribution in [-0.2, 0) is 9.53 Å². The Morgan fingerprint density at radius 3 is 2.70 bits per heavy atom.